The van der Waals surface area contributed by atoms with Crippen molar-refractivity contribution in [3.05, 3.63) is 30.5 Å². The number of likely N-dealkylation sites (tertiary alicyclic amines) is 1. The van der Waals surface area contributed by atoms with Crippen molar-refractivity contribution in [2.45, 2.75) is 62.3 Å². The van der Waals surface area contributed by atoms with Gasteiger partial charge in [0.25, 0.3) is 0 Å². The van der Waals surface area contributed by atoms with Crippen LogP contribution in [0.3, 0.4) is 0 Å². The Balaban J connectivity index is 1.27. The summed E-state index contributed by atoms with van der Waals surface area (Å²) in [5, 5.41) is 17.6. The van der Waals surface area contributed by atoms with Crippen LogP contribution in [0.2, 0.25) is 0 Å². The number of hydrogen-bond donors (Lipinski definition) is 1. The second-order valence-corrected chi connectivity index (χ2v) is 9.90. The summed E-state index contributed by atoms with van der Waals surface area (Å²) in [5.41, 5.74) is 1.98. The Bertz CT molecular complexity index is 931. The van der Waals surface area contributed by atoms with Crippen LogP contribution in [0.25, 0.3) is 11.3 Å². The molecule has 8 heteroatoms. The van der Waals surface area contributed by atoms with Crippen LogP contribution in [0.1, 0.15) is 57.4 Å². The normalized spacial score (nSPS) is 22.1. The molecule has 1 aliphatic carbocycles. The SMILES string of the molecule is CSc1cccc(-c2cn(C3CCC(C(=O)N4CCC(CCC(=O)O)CC4)CC3)nn2)c1. The van der Waals surface area contributed by atoms with E-state index in [-0.39, 0.29) is 18.2 Å². The lowest BCUT2D eigenvalue weighted by atomic mass is 9.84. The van der Waals surface area contributed by atoms with Crippen molar-refractivity contribution in [3.8, 4) is 11.3 Å². The summed E-state index contributed by atoms with van der Waals surface area (Å²) in [6, 6.07) is 8.64. The highest BCUT2D eigenvalue weighted by Gasteiger charge is 2.32. The topological polar surface area (TPSA) is 88.3 Å². The van der Waals surface area contributed by atoms with E-state index in [0.29, 0.717) is 12.0 Å². The van der Waals surface area contributed by atoms with E-state index in [1.54, 1.807) is 11.8 Å². The molecule has 2 aliphatic rings. The van der Waals surface area contributed by atoms with Gasteiger partial charge in [0.15, 0.2) is 0 Å². The fraction of sp³-hybridized carbons (Fsp3) is 0.583. The van der Waals surface area contributed by atoms with Gasteiger partial charge in [0, 0.05) is 35.9 Å². The lowest BCUT2D eigenvalue weighted by Gasteiger charge is -2.36. The molecule has 2 aromatic rings. The quantitative estimate of drug-likeness (QED) is 0.617. The van der Waals surface area contributed by atoms with Gasteiger partial charge in [-0.1, -0.05) is 17.3 Å². The fourth-order valence-electron chi connectivity index (χ4n) is 4.98. The lowest BCUT2D eigenvalue weighted by molar-refractivity contribution is -0.140. The van der Waals surface area contributed by atoms with Crippen molar-refractivity contribution in [1.29, 1.82) is 0 Å². The predicted octanol–water partition coefficient (Wildman–Crippen LogP) is 4.50. The van der Waals surface area contributed by atoms with Gasteiger partial charge in [-0.05, 0) is 69.3 Å². The van der Waals surface area contributed by atoms with Gasteiger partial charge < -0.3 is 10.0 Å². The maximum atomic E-state index is 13.0. The summed E-state index contributed by atoms with van der Waals surface area (Å²) in [7, 11) is 0. The van der Waals surface area contributed by atoms with Gasteiger partial charge in [-0.2, -0.15) is 0 Å². The van der Waals surface area contributed by atoms with E-state index < -0.39 is 5.97 Å². The standard InChI is InChI=1S/C24H32N4O3S/c1-32-21-4-2-3-19(15-21)22-16-28(26-25-22)20-8-6-18(7-9-20)24(31)27-13-11-17(12-14-27)5-10-23(29)30/h2-4,15-18,20H,5-14H2,1H3,(H,29,30). The number of rotatable bonds is 7. The molecule has 0 radical (unpaired) electrons. The third-order valence-corrected chi connectivity index (χ3v) is 7.71. The van der Waals surface area contributed by atoms with Crippen molar-refractivity contribution in [3.63, 3.8) is 0 Å². The molecule has 1 aliphatic heterocycles. The predicted molar refractivity (Wildman–Crippen MR) is 124 cm³/mol. The zero-order valence-electron chi connectivity index (χ0n) is 18.7. The number of benzene rings is 1. The number of carboxylic acids is 1. The molecule has 2 heterocycles. The first-order chi connectivity index (χ1) is 15.5. The molecule has 7 nitrogen and oxygen atoms in total. The molecular weight excluding hydrogens is 424 g/mol. The highest BCUT2D eigenvalue weighted by molar-refractivity contribution is 7.98. The molecule has 4 rings (SSSR count). The fourth-order valence-corrected chi connectivity index (χ4v) is 5.44. The summed E-state index contributed by atoms with van der Waals surface area (Å²) in [6.45, 7) is 1.54. The zero-order valence-corrected chi connectivity index (χ0v) is 19.5. The monoisotopic (exact) mass is 456 g/mol. The van der Waals surface area contributed by atoms with E-state index in [4.69, 9.17) is 5.11 Å². The molecule has 32 heavy (non-hydrogen) atoms. The Labute approximate surface area is 193 Å². The summed E-state index contributed by atoms with van der Waals surface area (Å²) in [4.78, 5) is 27.0. The first-order valence-corrected chi connectivity index (χ1v) is 12.8. The Kier molecular flexibility index (Phi) is 7.50. The van der Waals surface area contributed by atoms with Gasteiger partial charge >= 0.3 is 5.97 Å². The van der Waals surface area contributed by atoms with Crippen LogP contribution in [0.15, 0.2) is 35.4 Å². The minimum atomic E-state index is -0.728. The number of amides is 1. The number of aliphatic carboxylic acids is 1. The van der Waals surface area contributed by atoms with Gasteiger partial charge in [0.1, 0.15) is 5.69 Å². The Morgan fingerprint density at radius 1 is 1.12 bits per heavy atom. The number of carbonyl (C=O) groups excluding carboxylic acids is 1. The molecule has 0 unspecified atom stereocenters. The Hall–Kier alpha value is -2.35. The molecule has 0 atom stereocenters. The van der Waals surface area contributed by atoms with E-state index in [1.807, 2.05) is 21.8 Å². The molecule has 1 saturated carbocycles. The minimum absolute atomic E-state index is 0.100. The number of carboxylic acid groups (broad SMARTS) is 1. The van der Waals surface area contributed by atoms with Crippen LogP contribution < -0.4 is 0 Å². The molecule has 1 aromatic heterocycles. The number of hydrogen-bond acceptors (Lipinski definition) is 5. The largest absolute Gasteiger partial charge is 0.481 e. The number of nitrogens with zero attached hydrogens (tertiary/aromatic N) is 4. The zero-order chi connectivity index (χ0) is 22.5. The van der Waals surface area contributed by atoms with Crippen molar-refractivity contribution in [2.75, 3.05) is 19.3 Å². The van der Waals surface area contributed by atoms with Gasteiger partial charge in [-0.25, -0.2) is 4.68 Å². The third-order valence-electron chi connectivity index (χ3n) is 6.99. The average molecular weight is 457 g/mol. The maximum Gasteiger partial charge on any atom is 0.303 e. The van der Waals surface area contributed by atoms with Gasteiger partial charge in [0.2, 0.25) is 5.91 Å². The van der Waals surface area contributed by atoms with Crippen molar-refractivity contribution in [1.82, 2.24) is 19.9 Å². The molecule has 0 bridgehead atoms. The Morgan fingerprint density at radius 3 is 2.56 bits per heavy atom. The van der Waals surface area contributed by atoms with Crippen molar-refractivity contribution >= 4 is 23.6 Å². The van der Waals surface area contributed by atoms with Gasteiger partial charge in [0.05, 0.1) is 12.2 Å². The molecule has 2 fully saturated rings. The van der Waals surface area contributed by atoms with Crippen LogP contribution in [-0.4, -0.2) is 56.2 Å². The second kappa shape index (κ2) is 10.5. The Morgan fingerprint density at radius 2 is 1.88 bits per heavy atom. The first kappa shape index (κ1) is 22.8. The highest BCUT2D eigenvalue weighted by Crippen LogP contribution is 2.34. The van der Waals surface area contributed by atoms with E-state index >= 15 is 0 Å². The number of thioether (sulfide) groups is 1. The molecule has 1 N–H and O–H groups in total. The van der Waals surface area contributed by atoms with E-state index in [1.165, 1.54) is 4.90 Å². The summed E-state index contributed by atoms with van der Waals surface area (Å²) in [5.74, 6) is 0.0913. The molecule has 0 spiro atoms. The maximum absolute atomic E-state index is 13.0. The minimum Gasteiger partial charge on any atom is -0.481 e. The van der Waals surface area contributed by atoms with Crippen LogP contribution in [0.5, 0.6) is 0 Å². The van der Waals surface area contributed by atoms with Crippen LogP contribution >= 0.6 is 11.8 Å². The first-order valence-electron chi connectivity index (χ1n) is 11.6. The van der Waals surface area contributed by atoms with Crippen LogP contribution in [0.4, 0.5) is 0 Å². The summed E-state index contributed by atoms with van der Waals surface area (Å²) >= 11 is 1.72. The second-order valence-electron chi connectivity index (χ2n) is 9.02. The van der Waals surface area contributed by atoms with Crippen LogP contribution in [-0.2, 0) is 9.59 Å². The van der Waals surface area contributed by atoms with E-state index in [0.717, 1.165) is 69.3 Å². The van der Waals surface area contributed by atoms with Crippen molar-refractivity contribution < 1.29 is 14.7 Å². The van der Waals surface area contributed by atoms with Gasteiger partial charge in [-0.15, -0.1) is 16.9 Å². The number of aromatic nitrogens is 3. The molecular formula is C24H32N4O3S. The molecule has 1 amide bonds. The van der Waals surface area contributed by atoms with Gasteiger partial charge in [-0.3, -0.25) is 9.59 Å². The third kappa shape index (κ3) is 5.52. The molecule has 172 valence electrons. The van der Waals surface area contributed by atoms with E-state index in [9.17, 15) is 9.59 Å². The smallest absolute Gasteiger partial charge is 0.303 e. The highest BCUT2D eigenvalue weighted by atomic mass is 32.2. The molecule has 1 aromatic carbocycles. The number of piperidine rings is 1. The number of carbonyl (C=O) groups is 2. The summed E-state index contributed by atoms with van der Waals surface area (Å²) < 4.78 is 1.98. The lowest BCUT2D eigenvalue weighted by Crippen LogP contribution is -2.42. The van der Waals surface area contributed by atoms with Crippen molar-refractivity contribution in [2.24, 2.45) is 11.8 Å². The van der Waals surface area contributed by atoms with E-state index in [2.05, 4.69) is 34.8 Å². The van der Waals surface area contributed by atoms with Crippen LogP contribution in [0, 0.1) is 11.8 Å². The molecule has 1 saturated heterocycles. The summed E-state index contributed by atoms with van der Waals surface area (Å²) in [6.07, 6.45) is 10.6. The average Bonchev–Trinajstić information content (AvgIpc) is 3.33.